The molecular weight excluding hydrogens is 270 g/mol. The Balaban J connectivity index is 1.94. The van der Waals surface area contributed by atoms with Crippen LogP contribution in [0.3, 0.4) is 0 Å². The van der Waals surface area contributed by atoms with Crippen LogP contribution in [0.15, 0.2) is 41.8 Å². The van der Waals surface area contributed by atoms with E-state index in [9.17, 15) is 4.79 Å². The van der Waals surface area contributed by atoms with Gasteiger partial charge in [0, 0.05) is 11.8 Å². The van der Waals surface area contributed by atoms with Gasteiger partial charge >= 0.3 is 0 Å². The third kappa shape index (κ3) is 4.38. The molecule has 1 heterocycles. The molecule has 0 aliphatic rings. The van der Waals surface area contributed by atoms with Crippen molar-refractivity contribution in [1.29, 1.82) is 0 Å². The van der Waals surface area contributed by atoms with E-state index >= 15 is 0 Å². The van der Waals surface area contributed by atoms with Gasteiger partial charge in [0.05, 0.1) is 11.5 Å². The number of amides is 1. The minimum Gasteiger partial charge on any atom is -0.494 e. The van der Waals surface area contributed by atoms with Crippen LogP contribution in [0.4, 0.5) is 5.69 Å². The van der Waals surface area contributed by atoms with Crippen LogP contribution in [0.1, 0.15) is 29.9 Å². The van der Waals surface area contributed by atoms with Gasteiger partial charge in [-0.05, 0) is 35.9 Å². The molecule has 2 rings (SSSR count). The van der Waals surface area contributed by atoms with Gasteiger partial charge in [-0.3, -0.25) is 4.79 Å². The van der Waals surface area contributed by atoms with E-state index in [4.69, 9.17) is 4.74 Å². The lowest BCUT2D eigenvalue weighted by Gasteiger charge is -2.10. The van der Waals surface area contributed by atoms with Crippen LogP contribution in [0, 0.1) is 5.92 Å². The topological polar surface area (TPSA) is 38.3 Å². The Kier molecular flexibility index (Phi) is 5.18. The number of thiophene rings is 1. The fourth-order valence-electron chi connectivity index (χ4n) is 1.68. The lowest BCUT2D eigenvalue weighted by atomic mass is 10.1. The summed E-state index contributed by atoms with van der Waals surface area (Å²) in [5, 5.41) is 4.76. The molecule has 0 bridgehead atoms. The van der Waals surface area contributed by atoms with Crippen LogP contribution < -0.4 is 10.1 Å². The minimum atomic E-state index is -0.0840. The number of ether oxygens (including phenoxy) is 1. The largest absolute Gasteiger partial charge is 0.494 e. The Labute approximate surface area is 123 Å². The second kappa shape index (κ2) is 7.10. The van der Waals surface area contributed by atoms with Crippen molar-refractivity contribution < 1.29 is 9.53 Å². The molecule has 3 nitrogen and oxygen atoms in total. The summed E-state index contributed by atoms with van der Waals surface area (Å²) in [7, 11) is 0. The van der Waals surface area contributed by atoms with Crippen molar-refractivity contribution in [2.45, 2.75) is 20.3 Å². The van der Waals surface area contributed by atoms with E-state index < -0.39 is 0 Å². The van der Waals surface area contributed by atoms with Gasteiger partial charge in [-0.2, -0.15) is 0 Å². The molecule has 0 atom stereocenters. The van der Waals surface area contributed by atoms with E-state index in [2.05, 4.69) is 19.2 Å². The first-order valence-corrected chi connectivity index (χ1v) is 7.61. The third-order valence-corrected chi connectivity index (χ3v) is 3.67. The monoisotopic (exact) mass is 289 g/mol. The van der Waals surface area contributed by atoms with Gasteiger partial charge in [0.25, 0.3) is 5.91 Å². The summed E-state index contributed by atoms with van der Waals surface area (Å²) in [5.41, 5.74) is 0.755. The number of nitrogens with one attached hydrogen (secondary N) is 1. The fourth-order valence-corrected chi connectivity index (χ4v) is 2.30. The predicted molar refractivity (Wildman–Crippen MR) is 83.7 cm³/mol. The van der Waals surface area contributed by atoms with Gasteiger partial charge in [-0.1, -0.05) is 26.0 Å². The summed E-state index contributed by atoms with van der Waals surface area (Å²) in [5.74, 6) is 1.32. The Morgan fingerprint density at radius 1 is 1.30 bits per heavy atom. The summed E-state index contributed by atoms with van der Waals surface area (Å²) in [6.45, 7) is 5.03. The molecule has 2 aromatic rings. The molecule has 0 aliphatic heterocycles. The highest BCUT2D eigenvalue weighted by molar-refractivity contribution is 7.12. The van der Waals surface area contributed by atoms with Crippen molar-refractivity contribution >= 4 is 22.9 Å². The number of benzene rings is 1. The zero-order valence-corrected chi connectivity index (χ0v) is 12.6. The standard InChI is InChI=1S/C16H19NO2S/c1-12(2)8-9-19-14-6-3-5-13(11-14)17-16(18)15-7-4-10-20-15/h3-7,10-12H,8-9H2,1-2H3,(H,17,18). The van der Waals surface area contributed by atoms with Gasteiger partial charge in [0.2, 0.25) is 0 Å². The SMILES string of the molecule is CC(C)CCOc1cccc(NC(=O)c2cccs2)c1. The predicted octanol–water partition coefficient (Wildman–Crippen LogP) is 4.43. The number of hydrogen-bond acceptors (Lipinski definition) is 3. The molecule has 1 aromatic heterocycles. The van der Waals surface area contributed by atoms with Gasteiger partial charge in [0.15, 0.2) is 0 Å². The Hall–Kier alpha value is -1.81. The lowest BCUT2D eigenvalue weighted by molar-refractivity contribution is 0.103. The van der Waals surface area contributed by atoms with Gasteiger partial charge in [-0.25, -0.2) is 0 Å². The molecule has 4 heteroatoms. The van der Waals surface area contributed by atoms with Crippen LogP contribution in [-0.2, 0) is 0 Å². The Bertz CT molecular complexity index is 549. The zero-order chi connectivity index (χ0) is 14.4. The molecule has 20 heavy (non-hydrogen) atoms. The molecule has 0 unspecified atom stereocenters. The Morgan fingerprint density at radius 2 is 2.15 bits per heavy atom. The number of hydrogen-bond donors (Lipinski definition) is 1. The summed E-state index contributed by atoms with van der Waals surface area (Å²) in [6, 6.07) is 11.2. The van der Waals surface area contributed by atoms with Crippen molar-refractivity contribution in [3.63, 3.8) is 0 Å². The molecule has 0 spiro atoms. The van der Waals surface area contributed by atoms with Gasteiger partial charge in [-0.15, -0.1) is 11.3 Å². The first kappa shape index (κ1) is 14.6. The molecule has 1 aromatic carbocycles. The van der Waals surface area contributed by atoms with Crippen LogP contribution in [0.25, 0.3) is 0 Å². The normalized spacial score (nSPS) is 10.6. The van der Waals surface area contributed by atoms with E-state index in [1.54, 1.807) is 0 Å². The van der Waals surface area contributed by atoms with Crippen molar-refractivity contribution in [2.75, 3.05) is 11.9 Å². The summed E-state index contributed by atoms with van der Waals surface area (Å²) in [4.78, 5) is 12.7. The third-order valence-electron chi connectivity index (χ3n) is 2.80. The van der Waals surface area contributed by atoms with Crippen LogP contribution in [0.2, 0.25) is 0 Å². The highest BCUT2D eigenvalue weighted by atomic mass is 32.1. The molecule has 0 saturated carbocycles. The average Bonchev–Trinajstić information content (AvgIpc) is 2.92. The van der Waals surface area contributed by atoms with Crippen LogP contribution >= 0.6 is 11.3 Å². The van der Waals surface area contributed by atoms with Gasteiger partial charge < -0.3 is 10.1 Å². The van der Waals surface area contributed by atoms with Gasteiger partial charge in [0.1, 0.15) is 5.75 Å². The van der Waals surface area contributed by atoms with Crippen LogP contribution in [0.5, 0.6) is 5.75 Å². The molecule has 0 fully saturated rings. The average molecular weight is 289 g/mol. The van der Waals surface area contributed by atoms with Crippen molar-refractivity contribution in [1.82, 2.24) is 0 Å². The quantitative estimate of drug-likeness (QED) is 0.854. The maximum Gasteiger partial charge on any atom is 0.265 e. The van der Waals surface area contributed by atoms with E-state index in [0.29, 0.717) is 17.4 Å². The smallest absolute Gasteiger partial charge is 0.265 e. The van der Waals surface area contributed by atoms with Crippen LogP contribution in [-0.4, -0.2) is 12.5 Å². The molecule has 1 N–H and O–H groups in total. The fraction of sp³-hybridized carbons (Fsp3) is 0.312. The highest BCUT2D eigenvalue weighted by Crippen LogP contribution is 2.19. The lowest BCUT2D eigenvalue weighted by Crippen LogP contribution is -2.10. The first-order chi connectivity index (χ1) is 9.65. The summed E-state index contributed by atoms with van der Waals surface area (Å²) in [6.07, 6.45) is 1.02. The number of rotatable bonds is 6. The minimum absolute atomic E-state index is 0.0840. The first-order valence-electron chi connectivity index (χ1n) is 6.73. The van der Waals surface area contributed by atoms with Crippen molar-refractivity contribution in [3.05, 3.63) is 46.7 Å². The van der Waals surface area contributed by atoms with E-state index in [-0.39, 0.29) is 5.91 Å². The second-order valence-corrected chi connectivity index (χ2v) is 5.94. The number of carbonyl (C=O) groups is 1. The molecular formula is C16H19NO2S. The molecule has 0 saturated heterocycles. The van der Waals surface area contributed by atoms with Crippen molar-refractivity contribution in [3.8, 4) is 5.75 Å². The van der Waals surface area contributed by atoms with E-state index in [1.807, 2.05) is 41.8 Å². The van der Waals surface area contributed by atoms with Crippen molar-refractivity contribution in [2.24, 2.45) is 5.92 Å². The zero-order valence-electron chi connectivity index (χ0n) is 11.8. The molecule has 0 radical (unpaired) electrons. The summed E-state index contributed by atoms with van der Waals surface area (Å²) < 4.78 is 5.68. The Morgan fingerprint density at radius 3 is 2.85 bits per heavy atom. The molecule has 1 amide bonds. The van der Waals surface area contributed by atoms with E-state index in [0.717, 1.165) is 17.9 Å². The maximum atomic E-state index is 11.9. The second-order valence-electron chi connectivity index (χ2n) is 4.99. The van der Waals surface area contributed by atoms with E-state index in [1.165, 1.54) is 11.3 Å². The maximum absolute atomic E-state index is 11.9. The number of carbonyl (C=O) groups excluding carboxylic acids is 1. The highest BCUT2D eigenvalue weighted by Gasteiger charge is 2.07. The number of anilines is 1. The summed E-state index contributed by atoms with van der Waals surface area (Å²) >= 11 is 1.43. The molecule has 0 aliphatic carbocycles. The molecule has 106 valence electrons.